The smallest absolute Gasteiger partial charge is 0.387 e. The van der Waals surface area contributed by atoms with E-state index in [-0.39, 0.29) is 19.1 Å². The maximum absolute atomic E-state index is 13.0. The highest BCUT2D eigenvalue weighted by Crippen LogP contribution is 2.43. The van der Waals surface area contributed by atoms with E-state index in [9.17, 15) is 19.4 Å². The Labute approximate surface area is 460 Å². The minimum Gasteiger partial charge on any atom is -0.387 e. The molecular formula is C65H124N2O6P+. The van der Waals surface area contributed by atoms with Crippen molar-refractivity contribution >= 4 is 13.7 Å². The summed E-state index contributed by atoms with van der Waals surface area (Å²) >= 11 is 0. The predicted molar refractivity (Wildman–Crippen MR) is 323 cm³/mol. The van der Waals surface area contributed by atoms with Gasteiger partial charge in [0.15, 0.2) is 0 Å². The fourth-order valence-electron chi connectivity index (χ4n) is 9.24. The minimum atomic E-state index is -4.35. The number of aliphatic hydroxyl groups excluding tert-OH is 1. The summed E-state index contributed by atoms with van der Waals surface area (Å²) in [5.41, 5.74) is 0. The number of rotatable bonds is 58. The van der Waals surface area contributed by atoms with Crippen LogP contribution >= 0.6 is 7.82 Å². The van der Waals surface area contributed by atoms with Crippen molar-refractivity contribution in [2.75, 3.05) is 40.9 Å². The number of likely N-dealkylation sites (N-methyl/N-ethyl adjacent to an activating group) is 1. The van der Waals surface area contributed by atoms with Gasteiger partial charge in [0.25, 0.3) is 0 Å². The van der Waals surface area contributed by atoms with E-state index in [0.717, 1.165) is 51.4 Å². The van der Waals surface area contributed by atoms with Crippen LogP contribution in [0.2, 0.25) is 0 Å². The van der Waals surface area contributed by atoms with Crippen LogP contribution in [0.5, 0.6) is 0 Å². The number of nitrogens with one attached hydrogen (secondary N) is 1. The van der Waals surface area contributed by atoms with E-state index in [1.807, 2.05) is 27.2 Å². The molecule has 0 bridgehead atoms. The van der Waals surface area contributed by atoms with Gasteiger partial charge in [-0.1, -0.05) is 280 Å². The van der Waals surface area contributed by atoms with Gasteiger partial charge >= 0.3 is 7.82 Å². The third-order valence-electron chi connectivity index (χ3n) is 14.2. The summed E-state index contributed by atoms with van der Waals surface area (Å²) in [5, 5.41) is 13.9. The first-order chi connectivity index (χ1) is 36.0. The zero-order chi connectivity index (χ0) is 54.2. The molecular weight excluding hydrogens is 936 g/mol. The second kappa shape index (κ2) is 55.9. The molecule has 0 aliphatic heterocycles. The molecule has 0 rings (SSSR count). The number of quaternary nitrogens is 1. The molecule has 0 heterocycles. The maximum atomic E-state index is 13.0. The second-order valence-electron chi connectivity index (χ2n) is 22.8. The number of carbonyl (C=O) groups excluding carboxylic acids is 1. The molecule has 3 N–H and O–H groups in total. The van der Waals surface area contributed by atoms with Crippen molar-refractivity contribution in [3.05, 3.63) is 60.8 Å². The van der Waals surface area contributed by atoms with Gasteiger partial charge < -0.3 is 19.8 Å². The van der Waals surface area contributed by atoms with Gasteiger partial charge in [-0.05, 0) is 70.6 Å². The van der Waals surface area contributed by atoms with Gasteiger partial charge in [0.2, 0.25) is 5.91 Å². The fourth-order valence-corrected chi connectivity index (χ4v) is 9.98. The molecule has 0 saturated carbocycles. The Bertz CT molecular complexity index is 1390. The van der Waals surface area contributed by atoms with Crippen LogP contribution in [0, 0.1) is 0 Å². The molecule has 0 aromatic carbocycles. The zero-order valence-corrected chi connectivity index (χ0v) is 50.5. The van der Waals surface area contributed by atoms with E-state index < -0.39 is 20.0 Å². The van der Waals surface area contributed by atoms with Crippen LogP contribution in [0.25, 0.3) is 0 Å². The Morgan fingerprint density at radius 3 is 1.18 bits per heavy atom. The number of nitrogens with zero attached hydrogens (tertiary/aromatic N) is 1. The number of hydrogen-bond donors (Lipinski definition) is 3. The molecule has 0 radical (unpaired) electrons. The first-order valence-electron chi connectivity index (χ1n) is 31.7. The topological polar surface area (TPSA) is 105 Å². The van der Waals surface area contributed by atoms with Crippen molar-refractivity contribution in [1.29, 1.82) is 0 Å². The summed E-state index contributed by atoms with van der Waals surface area (Å²) in [4.78, 5) is 23.3. The van der Waals surface area contributed by atoms with E-state index in [2.05, 4.69) is 67.8 Å². The summed E-state index contributed by atoms with van der Waals surface area (Å²) in [6, 6.07) is -0.862. The molecule has 0 saturated heterocycles. The van der Waals surface area contributed by atoms with Crippen LogP contribution in [0.4, 0.5) is 0 Å². The van der Waals surface area contributed by atoms with Gasteiger partial charge in [-0.2, -0.15) is 0 Å². The van der Waals surface area contributed by atoms with Crippen molar-refractivity contribution in [3.63, 3.8) is 0 Å². The van der Waals surface area contributed by atoms with Crippen LogP contribution in [-0.2, 0) is 18.4 Å². The number of phosphoric acid groups is 1. The molecule has 0 fully saturated rings. The van der Waals surface area contributed by atoms with Gasteiger partial charge in [-0.25, -0.2) is 4.57 Å². The van der Waals surface area contributed by atoms with E-state index >= 15 is 0 Å². The van der Waals surface area contributed by atoms with Crippen LogP contribution in [-0.4, -0.2) is 73.4 Å². The predicted octanol–water partition coefficient (Wildman–Crippen LogP) is 19.7. The largest absolute Gasteiger partial charge is 0.472 e. The molecule has 434 valence electrons. The number of allylic oxidation sites excluding steroid dienone is 9. The van der Waals surface area contributed by atoms with Crippen LogP contribution < -0.4 is 5.32 Å². The first kappa shape index (κ1) is 72.2. The zero-order valence-electron chi connectivity index (χ0n) is 49.6. The Morgan fingerprint density at radius 2 is 0.784 bits per heavy atom. The van der Waals surface area contributed by atoms with Crippen molar-refractivity contribution in [1.82, 2.24) is 5.32 Å². The molecule has 3 unspecified atom stereocenters. The Kier molecular flexibility index (Phi) is 54.6. The van der Waals surface area contributed by atoms with Crippen LogP contribution in [0.1, 0.15) is 296 Å². The van der Waals surface area contributed by atoms with Gasteiger partial charge in [0.05, 0.1) is 39.9 Å². The molecule has 3 atom stereocenters. The average molecular weight is 1060 g/mol. The number of hydrogen-bond acceptors (Lipinski definition) is 5. The fraction of sp³-hybridized carbons (Fsp3) is 0.831. The number of amides is 1. The number of carbonyl (C=O) groups is 1. The third-order valence-corrected chi connectivity index (χ3v) is 15.2. The Morgan fingerprint density at radius 1 is 0.459 bits per heavy atom. The maximum Gasteiger partial charge on any atom is 0.472 e. The van der Waals surface area contributed by atoms with E-state index in [4.69, 9.17) is 9.05 Å². The summed E-state index contributed by atoms with van der Waals surface area (Å²) in [7, 11) is 1.56. The number of phosphoric ester groups is 1. The number of unbranched alkanes of at least 4 members (excludes halogenated alkanes) is 37. The standard InChI is InChI=1S/C65H123N2O6P/c1-6-8-10-12-14-16-18-20-21-22-23-24-25-26-27-28-29-30-31-32-33-34-35-36-37-38-39-40-41-42-43-44-45-47-49-51-53-55-57-59-65(69)66-63(62-73-74(70,71)72-61-60-67(3,4)5)64(68)58-56-54-52-50-48-46-19-17-15-13-11-9-7-2/h18,20,22-23,25-26,48,50,56,58,63-64,68H,6-17,19,21,24,27-47,49,51-55,57,59-62H2,1-5H3,(H-,66,69,70,71)/p+1/b20-18-,23-22-,26-25-,50-48+,58-56+. The molecule has 0 aliphatic rings. The first-order valence-corrected chi connectivity index (χ1v) is 33.2. The average Bonchev–Trinajstić information content (AvgIpc) is 3.36. The van der Waals surface area contributed by atoms with Crippen molar-refractivity contribution in [2.24, 2.45) is 0 Å². The lowest BCUT2D eigenvalue weighted by atomic mass is 10.0. The van der Waals surface area contributed by atoms with E-state index in [1.165, 1.54) is 225 Å². The lowest BCUT2D eigenvalue weighted by Crippen LogP contribution is -2.45. The highest BCUT2D eigenvalue weighted by Gasteiger charge is 2.27. The molecule has 74 heavy (non-hydrogen) atoms. The summed E-state index contributed by atoms with van der Waals surface area (Å²) < 4.78 is 23.7. The summed E-state index contributed by atoms with van der Waals surface area (Å²) in [5.74, 6) is -0.184. The lowest BCUT2D eigenvalue weighted by molar-refractivity contribution is -0.870. The highest BCUT2D eigenvalue weighted by atomic mass is 31.2. The highest BCUT2D eigenvalue weighted by molar-refractivity contribution is 7.47. The third kappa shape index (κ3) is 57.9. The molecule has 0 aromatic rings. The Hall–Kier alpha value is -1.80. The van der Waals surface area contributed by atoms with Gasteiger partial charge in [-0.3, -0.25) is 13.8 Å². The van der Waals surface area contributed by atoms with Gasteiger partial charge in [0, 0.05) is 6.42 Å². The van der Waals surface area contributed by atoms with E-state index in [1.54, 1.807) is 6.08 Å². The SMILES string of the molecule is CCCCCCC/C=C\C/C=C\C/C=C\CCCCCCCCCCCCCCCCCCCCCCCCCCC(=O)NC(COP(=O)(O)OCC[N+](C)(C)C)C(O)/C=C/CC/C=C/CCCCCCCCC. The summed E-state index contributed by atoms with van der Waals surface area (Å²) in [6.07, 6.45) is 76.5. The van der Waals surface area contributed by atoms with Crippen molar-refractivity contribution < 1.29 is 32.9 Å². The molecule has 0 aromatic heterocycles. The molecule has 1 amide bonds. The van der Waals surface area contributed by atoms with E-state index in [0.29, 0.717) is 17.4 Å². The molecule has 0 aliphatic carbocycles. The van der Waals surface area contributed by atoms with Crippen molar-refractivity contribution in [3.8, 4) is 0 Å². The van der Waals surface area contributed by atoms with Crippen molar-refractivity contribution in [2.45, 2.75) is 309 Å². The molecule has 0 spiro atoms. The minimum absolute atomic E-state index is 0.0565. The normalized spacial score (nSPS) is 14.2. The molecule has 9 heteroatoms. The van der Waals surface area contributed by atoms with Gasteiger partial charge in [0.1, 0.15) is 13.2 Å². The monoisotopic (exact) mass is 1060 g/mol. The van der Waals surface area contributed by atoms with Gasteiger partial charge in [-0.15, -0.1) is 0 Å². The number of aliphatic hydroxyl groups is 1. The lowest BCUT2D eigenvalue weighted by Gasteiger charge is -2.25. The van der Waals surface area contributed by atoms with Crippen LogP contribution in [0.15, 0.2) is 60.8 Å². The second-order valence-corrected chi connectivity index (χ2v) is 24.2. The Balaban J connectivity index is 3.90. The quantitative estimate of drug-likeness (QED) is 0.0243. The summed E-state index contributed by atoms with van der Waals surface area (Å²) in [6.45, 7) is 4.79. The molecule has 8 nitrogen and oxygen atoms in total. The van der Waals surface area contributed by atoms with Crippen LogP contribution in [0.3, 0.4) is 0 Å².